The average Bonchev–Trinajstić information content (AvgIpc) is 2.67. The van der Waals surface area contributed by atoms with Gasteiger partial charge in [0, 0.05) is 44.6 Å². The Bertz CT molecular complexity index is 861. The second-order valence-electron chi connectivity index (χ2n) is 8.65. The van der Waals surface area contributed by atoms with E-state index in [2.05, 4.69) is 39.4 Å². The summed E-state index contributed by atoms with van der Waals surface area (Å²) in [5, 5.41) is 8.95. The SMILES string of the molecule is CC(C)(C)OC(=O)N1CCc2nnc3c(c2C1)CN(Cc1ccccc1)CC3. The minimum atomic E-state index is -0.486. The first-order valence-electron chi connectivity index (χ1n) is 9.99. The topological polar surface area (TPSA) is 58.6 Å². The van der Waals surface area contributed by atoms with E-state index < -0.39 is 5.60 Å². The van der Waals surface area contributed by atoms with Crippen molar-refractivity contribution in [2.75, 3.05) is 13.1 Å². The van der Waals surface area contributed by atoms with Crippen LogP contribution in [0.1, 0.15) is 48.8 Å². The van der Waals surface area contributed by atoms with Gasteiger partial charge in [-0.25, -0.2) is 4.79 Å². The number of ether oxygens (including phenoxy) is 1. The second-order valence-corrected chi connectivity index (χ2v) is 8.65. The summed E-state index contributed by atoms with van der Waals surface area (Å²) in [6.45, 7) is 9.64. The highest BCUT2D eigenvalue weighted by molar-refractivity contribution is 5.68. The first-order valence-corrected chi connectivity index (χ1v) is 9.99. The summed E-state index contributed by atoms with van der Waals surface area (Å²) < 4.78 is 5.58. The van der Waals surface area contributed by atoms with Crippen LogP contribution in [0.4, 0.5) is 4.79 Å². The zero-order chi connectivity index (χ0) is 19.7. The Balaban J connectivity index is 1.53. The fourth-order valence-corrected chi connectivity index (χ4v) is 3.90. The minimum Gasteiger partial charge on any atom is -0.444 e. The molecule has 0 aliphatic carbocycles. The number of amides is 1. The van der Waals surface area contributed by atoms with Crippen LogP contribution in [0.25, 0.3) is 0 Å². The summed E-state index contributed by atoms with van der Waals surface area (Å²) in [6, 6.07) is 10.5. The van der Waals surface area contributed by atoms with E-state index in [1.165, 1.54) is 16.7 Å². The predicted molar refractivity (Wildman–Crippen MR) is 107 cm³/mol. The lowest BCUT2D eigenvalue weighted by Crippen LogP contribution is -2.41. The van der Waals surface area contributed by atoms with E-state index in [1.54, 1.807) is 4.90 Å². The normalized spacial score (nSPS) is 17.0. The molecule has 1 amide bonds. The molecule has 0 fully saturated rings. The van der Waals surface area contributed by atoms with Crippen molar-refractivity contribution in [3.63, 3.8) is 0 Å². The fourth-order valence-electron chi connectivity index (χ4n) is 3.90. The third kappa shape index (κ3) is 4.17. The molecule has 6 nitrogen and oxygen atoms in total. The van der Waals surface area contributed by atoms with Crippen LogP contribution in [0.3, 0.4) is 0 Å². The van der Waals surface area contributed by atoms with Crippen molar-refractivity contribution in [2.45, 2.75) is 58.8 Å². The smallest absolute Gasteiger partial charge is 0.410 e. The fraction of sp³-hybridized carbons (Fsp3) is 0.500. The number of hydrogen-bond acceptors (Lipinski definition) is 5. The van der Waals surface area contributed by atoms with E-state index in [4.69, 9.17) is 4.74 Å². The Morgan fingerprint density at radius 3 is 2.32 bits per heavy atom. The largest absolute Gasteiger partial charge is 0.444 e. The summed E-state index contributed by atoms with van der Waals surface area (Å²) in [5.74, 6) is 0. The maximum atomic E-state index is 12.6. The molecular formula is C22H28N4O2. The van der Waals surface area contributed by atoms with E-state index in [1.807, 2.05) is 26.8 Å². The zero-order valence-corrected chi connectivity index (χ0v) is 16.9. The molecule has 0 spiro atoms. The predicted octanol–water partition coefficient (Wildman–Crippen LogP) is 3.33. The van der Waals surface area contributed by atoms with Crippen molar-refractivity contribution in [3.8, 4) is 0 Å². The molecule has 148 valence electrons. The van der Waals surface area contributed by atoms with Crippen molar-refractivity contribution in [2.24, 2.45) is 0 Å². The molecule has 0 N–H and O–H groups in total. The molecule has 3 heterocycles. The number of rotatable bonds is 2. The summed E-state index contributed by atoms with van der Waals surface area (Å²) in [5.41, 5.74) is 5.35. The molecule has 0 saturated carbocycles. The molecule has 1 aromatic carbocycles. The van der Waals surface area contributed by atoms with E-state index >= 15 is 0 Å². The van der Waals surface area contributed by atoms with Gasteiger partial charge in [0.2, 0.25) is 0 Å². The van der Waals surface area contributed by atoms with Crippen molar-refractivity contribution < 1.29 is 9.53 Å². The van der Waals surface area contributed by atoms with Crippen LogP contribution in [0.5, 0.6) is 0 Å². The number of benzene rings is 1. The molecule has 2 aliphatic heterocycles. The van der Waals surface area contributed by atoms with Crippen molar-refractivity contribution in [1.82, 2.24) is 20.0 Å². The first kappa shape index (κ1) is 18.9. The average molecular weight is 380 g/mol. The van der Waals surface area contributed by atoms with E-state index in [0.717, 1.165) is 43.9 Å². The highest BCUT2D eigenvalue weighted by atomic mass is 16.6. The number of fused-ring (bicyclic) bond motifs is 3. The highest BCUT2D eigenvalue weighted by Crippen LogP contribution is 2.28. The number of nitrogens with zero attached hydrogens (tertiary/aromatic N) is 4. The van der Waals surface area contributed by atoms with Crippen LogP contribution in [0.2, 0.25) is 0 Å². The maximum absolute atomic E-state index is 12.6. The molecule has 0 saturated heterocycles. The molecule has 0 unspecified atom stereocenters. The lowest BCUT2D eigenvalue weighted by Gasteiger charge is -2.34. The summed E-state index contributed by atoms with van der Waals surface area (Å²) >= 11 is 0. The summed E-state index contributed by atoms with van der Waals surface area (Å²) in [7, 11) is 0. The lowest BCUT2D eigenvalue weighted by atomic mass is 9.95. The third-order valence-electron chi connectivity index (χ3n) is 5.27. The molecule has 2 aliphatic rings. The van der Waals surface area contributed by atoms with Gasteiger partial charge in [0.1, 0.15) is 5.60 Å². The van der Waals surface area contributed by atoms with E-state index in [0.29, 0.717) is 13.1 Å². The van der Waals surface area contributed by atoms with Gasteiger partial charge in [-0.15, -0.1) is 0 Å². The van der Waals surface area contributed by atoms with E-state index in [9.17, 15) is 4.79 Å². The Labute approximate surface area is 166 Å². The Kier molecular flexibility index (Phi) is 5.06. The number of hydrogen-bond donors (Lipinski definition) is 0. The van der Waals surface area contributed by atoms with Gasteiger partial charge in [0.15, 0.2) is 0 Å². The van der Waals surface area contributed by atoms with E-state index in [-0.39, 0.29) is 6.09 Å². The molecule has 4 rings (SSSR count). The molecule has 2 aromatic rings. The van der Waals surface area contributed by atoms with Crippen LogP contribution in [-0.2, 0) is 37.2 Å². The molecule has 28 heavy (non-hydrogen) atoms. The third-order valence-corrected chi connectivity index (χ3v) is 5.27. The molecule has 1 aromatic heterocycles. The quantitative estimate of drug-likeness (QED) is 0.800. The lowest BCUT2D eigenvalue weighted by molar-refractivity contribution is 0.0221. The van der Waals surface area contributed by atoms with Crippen molar-refractivity contribution in [1.29, 1.82) is 0 Å². The van der Waals surface area contributed by atoms with Crippen LogP contribution in [0.15, 0.2) is 30.3 Å². The molecule has 6 heteroatoms. The van der Waals surface area contributed by atoms with Gasteiger partial charge in [-0.05, 0) is 31.9 Å². The summed E-state index contributed by atoms with van der Waals surface area (Å²) in [6.07, 6.45) is 1.38. The number of carbonyl (C=O) groups excluding carboxylic acids is 1. The van der Waals surface area contributed by atoms with Gasteiger partial charge < -0.3 is 9.64 Å². The first-order chi connectivity index (χ1) is 13.4. The molecule has 0 bridgehead atoms. The van der Waals surface area contributed by atoms with Crippen LogP contribution in [0, 0.1) is 0 Å². The van der Waals surface area contributed by atoms with Gasteiger partial charge in [-0.1, -0.05) is 30.3 Å². The van der Waals surface area contributed by atoms with Crippen LogP contribution >= 0.6 is 0 Å². The second kappa shape index (κ2) is 7.51. The van der Waals surface area contributed by atoms with Crippen LogP contribution in [-0.4, -0.2) is 44.8 Å². The van der Waals surface area contributed by atoms with Gasteiger partial charge >= 0.3 is 6.09 Å². The number of carbonyl (C=O) groups is 1. The Morgan fingerprint density at radius 2 is 1.64 bits per heavy atom. The highest BCUT2D eigenvalue weighted by Gasteiger charge is 2.30. The van der Waals surface area contributed by atoms with Gasteiger partial charge in [0.05, 0.1) is 17.9 Å². The Morgan fingerprint density at radius 1 is 1.00 bits per heavy atom. The summed E-state index contributed by atoms with van der Waals surface area (Å²) in [4.78, 5) is 16.8. The van der Waals surface area contributed by atoms with Crippen molar-refractivity contribution >= 4 is 6.09 Å². The van der Waals surface area contributed by atoms with Crippen LogP contribution < -0.4 is 0 Å². The maximum Gasteiger partial charge on any atom is 0.410 e. The molecule has 0 atom stereocenters. The Hall–Kier alpha value is -2.47. The number of aromatic nitrogens is 2. The standard InChI is InChI=1S/C22H28N4O2/c1-22(2,3)28-21(27)26-12-10-20-18(15-26)17-14-25(11-9-19(17)23-24-20)13-16-7-5-4-6-8-16/h4-8H,9-15H2,1-3H3. The zero-order valence-electron chi connectivity index (χ0n) is 16.9. The van der Waals surface area contributed by atoms with Gasteiger partial charge in [-0.2, -0.15) is 10.2 Å². The monoisotopic (exact) mass is 380 g/mol. The minimum absolute atomic E-state index is 0.249. The van der Waals surface area contributed by atoms with Crippen molar-refractivity contribution in [3.05, 3.63) is 58.4 Å². The molecular weight excluding hydrogens is 352 g/mol. The van der Waals surface area contributed by atoms with Gasteiger partial charge in [0.25, 0.3) is 0 Å². The molecule has 0 radical (unpaired) electrons. The van der Waals surface area contributed by atoms with Gasteiger partial charge in [-0.3, -0.25) is 4.90 Å².